The van der Waals surface area contributed by atoms with Crippen LogP contribution in [0.1, 0.15) is 12.1 Å². The first kappa shape index (κ1) is 13.9. The van der Waals surface area contributed by atoms with Gasteiger partial charge in [-0.3, -0.25) is 0 Å². The molecule has 1 fully saturated rings. The van der Waals surface area contributed by atoms with Crippen molar-refractivity contribution in [1.29, 1.82) is 5.26 Å². The van der Waals surface area contributed by atoms with Gasteiger partial charge in [-0.15, -0.1) is 0 Å². The summed E-state index contributed by atoms with van der Waals surface area (Å²) in [7, 11) is -1.66. The molecule has 1 aliphatic heterocycles. The van der Waals surface area contributed by atoms with Gasteiger partial charge in [-0.05, 0) is 32.1 Å². The van der Waals surface area contributed by atoms with Crippen LogP contribution in [0.25, 0.3) is 0 Å². The van der Waals surface area contributed by atoms with Crippen molar-refractivity contribution in [2.45, 2.75) is 11.3 Å². The van der Waals surface area contributed by atoms with Crippen LogP contribution < -0.4 is 0 Å². The molecule has 0 aromatic carbocycles. The van der Waals surface area contributed by atoms with Crippen molar-refractivity contribution in [3.8, 4) is 6.07 Å². The smallest absolute Gasteiger partial charge is 0.246 e. The number of sulfonamides is 1. The van der Waals surface area contributed by atoms with Crippen LogP contribution in [0.4, 0.5) is 0 Å². The maximum absolute atomic E-state index is 12.5. The van der Waals surface area contributed by atoms with Crippen LogP contribution in [-0.4, -0.2) is 55.8 Å². The van der Waals surface area contributed by atoms with Gasteiger partial charge in [-0.2, -0.15) is 9.57 Å². The molecule has 6 nitrogen and oxygen atoms in total. The molecule has 1 aromatic rings. The van der Waals surface area contributed by atoms with Crippen LogP contribution >= 0.6 is 0 Å². The summed E-state index contributed by atoms with van der Waals surface area (Å²) in [5, 5.41) is 8.97. The Balaban J connectivity index is 2.34. The van der Waals surface area contributed by atoms with Crippen molar-refractivity contribution in [2.75, 3.05) is 33.2 Å². The molecule has 2 rings (SSSR count). The first-order valence-electron chi connectivity index (χ1n) is 6.09. The summed E-state index contributed by atoms with van der Waals surface area (Å²) in [5.41, 5.74) is -0.0416. The first-order valence-corrected chi connectivity index (χ1v) is 7.53. The molecular weight excluding hydrogens is 264 g/mol. The van der Waals surface area contributed by atoms with Gasteiger partial charge in [0.15, 0.2) is 5.69 Å². The topological polar surface area (TPSA) is 77.3 Å². The highest BCUT2D eigenvalue weighted by Gasteiger charge is 2.28. The Labute approximate surface area is 113 Å². The van der Waals surface area contributed by atoms with Crippen molar-refractivity contribution in [1.82, 2.24) is 14.2 Å². The lowest BCUT2D eigenvalue weighted by molar-refractivity contribution is 0.347. The number of nitriles is 1. The average Bonchev–Trinajstić information content (AvgIpc) is 2.64. The molecule has 2 heterocycles. The zero-order valence-electron chi connectivity index (χ0n) is 10.8. The molecule has 0 spiro atoms. The van der Waals surface area contributed by atoms with E-state index in [1.54, 1.807) is 0 Å². The number of rotatable bonds is 2. The van der Waals surface area contributed by atoms with E-state index in [2.05, 4.69) is 9.88 Å². The van der Waals surface area contributed by atoms with E-state index in [0.29, 0.717) is 19.6 Å². The number of likely N-dealkylation sites (N-methyl/N-ethyl adjacent to an activating group) is 1. The molecule has 0 saturated carbocycles. The van der Waals surface area contributed by atoms with Crippen molar-refractivity contribution >= 4 is 10.0 Å². The predicted octanol–water partition coefficient (Wildman–Crippen LogP) is 0.279. The fourth-order valence-corrected chi connectivity index (χ4v) is 3.65. The zero-order chi connectivity index (χ0) is 13.9. The third-order valence-corrected chi connectivity index (χ3v) is 5.10. The van der Waals surface area contributed by atoms with Crippen molar-refractivity contribution in [3.05, 3.63) is 24.0 Å². The summed E-state index contributed by atoms with van der Waals surface area (Å²) in [6.07, 6.45) is 2.21. The number of hydrogen-bond donors (Lipinski definition) is 0. The van der Waals surface area contributed by atoms with Gasteiger partial charge < -0.3 is 4.90 Å². The SMILES string of the molecule is CN1CCCN(S(=O)(=O)c2cccnc2C#N)CC1. The third-order valence-electron chi connectivity index (χ3n) is 3.17. The summed E-state index contributed by atoms with van der Waals surface area (Å²) in [6, 6.07) is 4.82. The molecule has 0 amide bonds. The normalized spacial score (nSPS) is 18.7. The quantitative estimate of drug-likeness (QED) is 0.777. The van der Waals surface area contributed by atoms with E-state index < -0.39 is 10.0 Å². The van der Waals surface area contributed by atoms with Crippen LogP contribution in [0, 0.1) is 11.3 Å². The Morgan fingerprint density at radius 2 is 2.11 bits per heavy atom. The summed E-state index contributed by atoms with van der Waals surface area (Å²) in [5.74, 6) is 0. The highest BCUT2D eigenvalue weighted by Crippen LogP contribution is 2.19. The Morgan fingerprint density at radius 3 is 2.84 bits per heavy atom. The van der Waals surface area contributed by atoms with Crippen LogP contribution in [0.3, 0.4) is 0 Å². The maximum atomic E-state index is 12.5. The highest BCUT2D eigenvalue weighted by atomic mass is 32.2. The minimum Gasteiger partial charge on any atom is -0.305 e. The number of pyridine rings is 1. The molecule has 0 radical (unpaired) electrons. The molecule has 0 aliphatic carbocycles. The molecule has 0 N–H and O–H groups in total. The molecule has 0 atom stereocenters. The average molecular weight is 280 g/mol. The number of nitrogens with zero attached hydrogens (tertiary/aromatic N) is 4. The Bertz CT molecular complexity index is 594. The minimum absolute atomic E-state index is 0.00190. The predicted molar refractivity (Wildman–Crippen MR) is 69.8 cm³/mol. The third kappa shape index (κ3) is 2.92. The molecule has 7 heteroatoms. The van der Waals surface area contributed by atoms with Crippen molar-refractivity contribution in [3.63, 3.8) is 0 Å². The van der Waals surface area contributed by atoms with Gasteiger partial charge in [-0.25, -0.2) is 13.4 Å². The number of hydrogen-bond acceptors (Lipinski definition) is 5. The molecule has 1 aliphatic rings. The van der Waals surface area contributed by atoms with Gasteiger partial charge in [0.2, 0.25) is 10.0 Å². The van der Waals surface area contributed by atoms with Gasteiger partial charge in [0.05, 0.1) is 0 Å². The molecular formula is C12H16N4O2S. The number of aromatic nitrogens is 1. The second-order valence-electron chi connectivity index (χ2n) is 4.52. The molecule has 0 bridgehead atoms. The van der Waals surface area contributed by atoms with E-state index in [0.717, 1.165) is 13.0 Å². The lowest BCUT2D eigenvalue weighted by atomic mass is 10.4. The van der Waals surface area contributed by atoms with Crippen LogP contribution in [0.15, 0.2) is 23.2 Å². The standard InChI is InChI=1S/C12H16N4O2S/c1-15-6-3-7-16(9-8-15)19(17,18)12-4-2-5-14-11(12)10-13/h2,4-5H,3,6-9H2,1H3. The van der Waals surface area contributed by atoms with Gasteiger partial charge >= 0.3 is 0 Å². The van der Waals surface area contributed by atoms with Crippen LogP contribution in [0.2, 0.25) is 0 Å². The summed E-state index contributed by atoms with van der Waals surface area (Å²) >= 11 is 0. The van der Waals surface area contributed by atoms with Crippen molar-refractivity contribution in [2.24, 2.45) is 0 Å². The van der Waals surface area contributed by atoms with Crippen LogP contribution in [-0.2, 0) is 10.0 Å². The molecule has 0 unspecified atom stereocenters. The van der Waals surface area contributed by atoms with Gasteiger partial charge in [0, 0.05) is 25.8 Å². The second-order valence-corrected chi connectivity index (χ2v) is 6.43. The molecule has 1 saturated heterocycles. The molecule has 102 valence electrons. The lowest BCUT2D eigenvalue weighted by Crippen LogP contribution is -2.35. The maximum Gasteiger partial charge on any atom is 0.246 e. The largest absolute Gasteiger partial charge is 0.305 e. The molecule has 1 aromatic heterocycles. The Hall–Kier alpha value is -1.49. The van der Waals surface area contributed by atoms with Gasteiger partial charge in [0.25, 0.3) is 0 Å². The molecule has 19 heavy (non-hydrogen) atoms. The van der Waals surface area contributed by atoms with E-state index in [9.17, 15) is 8.42 Å². The minimum atomic E-state index is -3.63. The zero-order valence-corrected chi connectivity index (χ0v) is 11.6. The summed E-state index contributed by atoms with van der Waals surface area (Å²) in [4.78, 5) is 5.92. The fraction of sp³-hybridized carbons (Fsp3) is 0.500. The lowest BCUT2D eigenvalue weighted by Gasteiger charge is -2.20. The second kappa shape index (κ2) is 5.65. The Morgan fingerprint density at radius 1 is 1.32 bits per heavy atom. The van der Waals surface area contributed by atoms with E-state index >= 15 is 0 Å². The van der Waals surface area contributed by atoms with Gasteiger partial charge in [0.1, 0.15) is 11.0 Å². The van der Waals surface area contributed by atoms with E-state index in [-0.39, 0.29) is 10.6 Å². The monoisotopic (exact) mass is 280 g/mol. The van der Waals surface area contributed by atoms with Crippen LogP contribution in [0.5, 0.6) is 0 Å². The van der Waals surface area contributed by atoms with E-state index in [1.165, 1.54) is 22.6 Å². The summed E-state index contributed by atoms with van der Waals surface area (Å²) < 4.78 is 26.5. The summed E-state index contributed by atoms with van der Waals surface area (Å²) in [6.45, 7) is 2.50. The fourth-order valence-electron chi connectivity index (χ4n) is 2.08. The van der Waals surface area contributed by atoms with E-state index in [4.69, 9.17) is 5.26 Å². The van der Waals surface area contributed by atoms with Crippen molar-refractivity contribution < 1.29 is 8.42 Å². The van der Waals surface area contributed by atoms with Gasteiger partial charge in [-0.1, -0.05) is 0 Å². The van der Waals surface area contributed by atoms with E-state index in [1.807, 2.05) is 13.1 Å². The first-order chi connectivity index (χ1) is 9.05. The highest BCUT2D eigenvalue weighted by molar-refractivity contribution is 7.89. The Kier molecular flexibility index (Phi) is 4.14.